The summed E-state index contributed by atoms with van der Waals surface area (Å²) >= 11 is 5.11. The smallest absolute Gasteiger partial charge is 0.306 e. The summed E-state index contributed by atoms with van der Waals surface area (Å²) in [5, 5.41) is 3.32. The van der Waals surface area contributed by atoms with Crippen LogP contribution >= 0.6 is 27.3 Å². The highest BCUT2D eigenvalue weighted by atomic mass is 79.9. The molecule has 1 N–H and O–H groups in total. The van der Waals surface area contributed by atoms with E-state index in [1.54, 1.807) is 23.5 Å². The second-order valence-electron chi connectivity index (χ2n) is 4.66. The number of alkyl halides is 3. The Labute approximate surface area is 134 Å². The van der Waals surface area contributed by atoms with Gasteiger partial charge in [0.2, 0.25) is 0 Å². The minimum atomic E-state index is -4.30. The Bertz CT molecular complexity index is 585. The molecular weight excluding hydrogens is 363 g/mol. The number of halogens is 4. The van der Waals surface area contributed by atoms with Gasteiger partial charge in [-0.2, -0.15) is 13.2 Å². The largest absolute Gasteiger partial charge is 0.416 e. The summed E-state index contributed by atoms with van der Waals surface area (Å²) in [6, 6.07) is 7.28. The lowest BCUT2D eigenvalue weighted by atomic mass is 10.0. The summed E-state index contributed by atoms with van der Waals surface area (Å²) < 4.78 is 38.9. The summed E-state index contributed by atoms with van der Waals surface area (Å²) in [5.74, 6) is 0. The molecule has 21 heavy (non-hydrogen) atoms. The van der Waals surface area contributed by atoms with Gasteiger partial charge >= 0.3 is 6.18 Å². The molecule has 1 unspecified atom stereocenters. The molecule has 0 aliphatic rings. The molecule has 1 atom stereocenters. The molecule has 0 saturated heterocycles. The van der Waals surface area contributed by atoms with Gasteiger partial charge in [-0.15, -0.1) is 11.3 Å². The van der Waals surface area contributed by atoms with Crippen LogP contribution in [-0.4, -0.2) is 6.54 Å². The monoisotopic (exact) mass is 377 g/mol. The van der Waals surface area contributed by atoms with E-state index in [9.17, 15) is 13.2 Å². The second-order valence-corrected chi connectivity index (χ2v) is 6.81. The summed E-state index contributed by atoms with van der Waals surface area (Å²) in [6.45, 7) is 4.72. The van der Waals surface area contributed by atoms with Crippen LogP contribution in [0.15, 0.2) is 34.8 Å². The van der Waals surface area contributed by atoms with Crippen molar-refractivity contribution in [2.75, 3.05) is 6.54 Å². The van der Waals surface area contributed by atoms with Crippen molar-refractivity contribution in [2.45, 2.75) is 26.1 Å². The van der Waals surface area contributed by atoms with E-state index in [4.69, 9.17) is 0 Å². The Balaban J connectivity index is 2.34. The van der Waals surface area contributed by atoms with Crippen LogP contribution in [0.4, 0.5) is 13.2 Å². The van der Waals surface area contributed by atoms with Gasteiger partial charge in [0.25, 0.3) is 0 Å². The molecule has 0 fully saturated rings. The predicted octanol–water partition coefficient (Wildman–Crippen LogP) is 5.54. The minimum Gasteiger partial charge on any atom is -0.306 e. The molecule has 2 aromatic rings. The minimum absolute atomic E-state index is 0.0905. The van der Waals surface area contributed by atoms with Crippen molar-refractivity contribution >= 4 is 27.3 Å². The van der Waals surface area contributed by atoms with Gasteiger partial charge in [0.05, 0.1) is 11.6 Å². The molecule has 0 amide bonds. The molecule has 1 heterocycles. The van der Waals surface area contributed by atoms with Crippen LogP contribution in [0, 0.1) is 6.92 Å². The topological polar surface area (TPSA) is 12.0 Å². The van der Waals surface area contributed by atoms with Crippen LogP contribution in [0.2, 0.25) is 0 Å². The van der Waals surface area contributed by atoms with Crippen LogP contribution in [0.25, 0.3) is 0 Å². The normalized spacial score (nSPS) is 13.4. The van der Waals surface area contributed by atoms with Crippen molar-refractivity contribution < 1.29 is 13.2 Å². The number of thiophene rings is 1. The van der Waals surface area contributed by atoms with Gasteiger partial charge in [0.1, 0.15) is 0 Å². The van der Waals surface area contributed by atoms with Crippen LogP contribution in [0.5, 0.6) is 0 Å². The van der Waals surface area contributed by atoms with E-state index in [0.717, 1.165) is 38.5 Å². The Morgan fingerprint density at radius 3 is 2.29 bits per heavy atom. The lowest BCUT2D eigenvalue weighted by molar-refractivity contribution is -0.137. The summed E-state index contributed by atoms with van der Waals surface area (Å²) in [5.41, 5.74) is 0.212. The molecule has 0 radical (unpaired) electrons. The average molecular weight is 378 g/mol. The highest BCUT2D eigenvalue weighted by Gasteiger charge is 2.30. The molecule has 0 aliphatic heterocycles. The molecule has 0 bridgehead atoms. The van der Waals surface area contributed by atoms with Gasteiger partial charge in [0, 0.05) is 14.2 Å². The van der Waals surface area contributed by atoms with Crippen molar-refractivity contribution in [3.05, 3.63) is 55.7 Å². The standard InChI is InChI=1S/C15H15BrF3NS/c1-3-20-14(13-8-12(16)9(2)21-13)10-4-6-11(7-5-10)15(17,18)19/h4-8,14,20H,3H2,1-2H3. The predicted molar refractivity (Wildman–Crippen MR) is 83.7 cm³/mol. The molecule has 1 aromatic carbocycles. The molecule has 6 heteroatoms. The molecule has 114 valence electrons. The van der Waals surface area contributed by atoms with Gasteiger partial charge in [-0.1, -0.05) is 19.1 Å². The molecule has 2 rings (SSSR count). The molecule has 0 saturated carbocycles. The molecule has 1 nitrogen and oxygen atoms in total. The number of hydrogen-bond acceptors (Lipinski definition) is 2. The second kappa shape index (κ2) is 6.50. The van der Waals surface area contributed by atoms with E-state index in [-0.39, 0.29) is 6.04 Å². The SMILES string of the molecule is CCNC(c1ccc(C(F)(F)F)cc1)c1cc(Br)c(C)s1. The van der Waals surface area contributed by atoms with E-state index in [1.807, 2.05) is 19.9 Å². The molecular formula is C15H15BrF3NS. The lowest BCUT2D eigenvalue weighted by Gasteiger charge is -2.17. The number of nitrogens with one attached hydrogen (secondary N) is 1. The van der Waals surface area contributed by atoms with Crippen LogP contribution < -0.4 is 5.32 Å². The van der Waals surface area contributed by atoms with Crippen molar-refractivity contribution in [1.29, 1.82) is 0 Å². The van der Waals surface area contributed by atoms with E-state index >= 15 is 0 Å². The maximum Gasteiger partial charge on any atom is 0.416 e. The van der Waals surface area contributed by atoms with Gasteiger partial charge in [0.15, 0.2) is 0 Å². The van der Waals surface area contributed by atoms with Crippen molar-refractivity contribution in [2.24, 2.45) is 0 Å². The molecule has 0 spiro atoms. The fraction of sp³-hybridized carbons (Fsp3) is 0.333. The summed E-state index contributed by atoms with van der Waals surface area (Å²) in [6.07, 6.45) is -4.30. The zero-order valence-electron chi connectivity index (χ0n) is 11.6. The van der Waals surface area contributed by atoms with Gasteiger partial charge in [-0.05, 0) is 53.2 Å². The molecule has 1 aromatic heterocycles. The van der Waals surface area contributed by atoms with E-state index in [2.05, 4.69) is 21.2 Å². The average Bonchev–Trinajstić information content (AvgIpc) is 2.75. The van der Waals surface area contributed by atoms with Crippen molar-refractivity contribution in [1.82, 2.24) is 5.32 Å². The zero-order valence-corrected chi connectivity index (χ0v) is 14.0. The maximum absolute atomic E-state index is 12.6. The van der Waals surface area contributed by atoms with E-state index < -0.39 is 11.7 Å². The Hall–Kier alpha value is -0.850. The van der Waals surface area contributed by atoms with Gasteiger partial charge < -0.3 is 5.32 Å². The number of benzene rings is 1. The Morgan fingerprint density at radius 2 is 1.86 bits per heavy atom. The highest BCUT2D eigenvalue weighted by Crippen LogP contribution is 2.35. The van der Waals surface area contributed by atoms with Gasteiger partial charge in [-0.25, -0.2) is 0 Å². The van der Waals surface area contributed by atoms with Crippen LogP contribution in [0.1, 0.15) is 33.8 Å². The zero-order chi connectivity index (χ0) is 15.6. The third-order valence-corrected chi connectivity index (χ3v) is 5.34. The number of aryl methyl sites for hydroxylation is 1. The fourth-order valence-corrected chi connectivity index (χ4v) is 3.74. The lowest BCUT2D eigenvalue weighted by Crippen LogP contribution is -2.21. The first-order chi connectivity index (χ1) is 9.82. The fourth-order valence-electron chi connectivity index (χ4n) is 2.08. The van der Waals surface area contributed by atoms with Crippen molar-refractivity contribution in [3.63, 3.8) is 0 Å². The maximum atomic E-state index is 12.6. The summed E-state index contributed by atoms with van der Waals surface area (Å²) in [7, 11) is 0. The number of rotatable bonds is 4. The molecule has 0 aliphatic carbocycles. The first kappa shape index (κ1) is 16.5. The van der Waals surface area contributed by atoms with Gasteiger partial charge in [-0.3, -0.25) is 0 Å². The van der Waals surface area contributed by atoms with Crippen molar-refractivity contribution in [3.8, 4) is 0 Å². The third-order valence-electron chi connectivity index (χ3n) is 3.14. The Morgan fingerprint density at radius 1 is 1.24 bits per heavy atom. The first-order valence-corrected chi connectivity index (χ1v) is 8.10. The highest BCUT2D eigenvalue weighted by molar-refractivity contribution is 9.10. The Kier molecular flexibility index (Phi) is 5.11. The quantitative estimate of drug-likeness (QED) is 0.737. The van der Waals surface area contributed by atoms with Crippen LogP contribution in [0.3, 0.4) is 0 Å². The van der Waals surface area contributed by atoms with Crippen LogP contribution in [-0.2, 0) is 6.18 Å². The summed E-state index contributed by atoms with van der Waals surface area (Å²) in [4.78, 5) is 2.24. The third kappa shape index (κ3) is 3.87. The first-order valence-electron chi connectivity index (χ1n) is 6.49. The number of hydrogen-bond donors (Lipinski definition) is 1. The van der Waals surface area contributed by atoms with E-state index in [0.29, 0.717) is 0 Å². The van der Waals surface area contributed by atoms with E-state index in [1.165, 1.54) is 0 Å².